The van der Waals surface area contributed by atoms with Gasteiger partial charge in [-0.15, -0.1) is 0 Å². The lowest BCUT2D eigenvalue weighted by atomic mass is 10.0. The predicted molar refractivity (Wildman–Crippen MR) is 82.9 cm³/mol. The molecular formula is C16H16Cl2O2. The number of halogens is 2. The molecule has 106 valence electrons. The van der Waals surface area contributed by atoms with Crippen molar-refractivity contribution >= 4 is 23.2 Å². The Bertz CT molecular complexity index is 567. The lowest BCUT2D eigenvalue weighted by Gasteiger charge is -2.12. The van der Waals surface area contributed by atoms with E-state index in [4.69, 9.17) is 27.9 Å². The van der Waals surface area contributed by atoms with Crippen LogP contribution in [0.15, 0.2) is 42.5 Å². The molecule has 1 unspecified atom stereocenters. The third-order valence-electron chi connectivity index (χ3n) is 3.09. The van der Waals surface area contributed by atoms with Crippen LogP contribution in [-0.4, -0.2) is 18.3 Å². The van der Waals surface area contributed by atoms with Crippen molar-refractivity contribution in [2.45, 2.75) is 18.9 Å². The SMILES string of the molecule is COc1ccc(CC(O)Cc2cc(Cl)ccc2Cl)cc1. The lowest BCUT2D eigenvalue weighted by Crippen LogP contribution is -2.14. The predicted octanol–water partition coefficient (Wildman–Crippen LogP) is 4.15. The Balaban J connectivity index is 2.00. The molecule has 20 heavy (non-hydrogen) atoms. The van der Waals surface area contributed by atoms with Gasteiger partial charge in [0.2, 0.25) is 0 Å². The molecule has 2 aromatic carbocycles. The van der Waals surface area contributed by atoms with Gasteiger partial charge in [-0.1, -0.05) is 35.3 Å². The van der Waals surface area contributed by atoms with Gasteiger partial charge < -0.3 is 9.84 Å². The molecular weight excluding hydrogens is 295 g/mol. The van der Waals surface area contributed by atoms with Crippen molar-refractivity contribution in [2.75, 3.05) is 7.11 Å². The van der Waals surface area contributed by atoms with Crippen molar-refractivity contribution in [2.24, 2.45) is 0 Å². The van der Waals surface area contributed by atoms with Gasteiger partial charge in [-0.05, 0) is 47.9 Å². The van der Waals surface area contributed by atoms with Gasteiger partial charge in [-0.25, -0.2) is 0 Å². The van der Waals surface area contributed by atoms with Crippen LogP contribution < -0.4 is 4.74 Å². The Morgan fingerprint density at radius 1 is 1.05 bits per heavy atom. The van der Waals surface area contributed by atoms with Crippen molar-refractivity contribution in [1.29, 1.82) is 0 Å². The summed E-state index contributed by atoms with van der Waals surface area (Å²) in [5, 5.41) is 11.4. The summed E-state index contributed by atoms with van der Waals surface area (Å²) in [4.78, 5) is 0. The Morgan fingerprint density at radius 3 is 2.40 bits per heavy atom. The van der Waals surface area contributed by atoms with Gasteiger partial charge in [0.1, 0.15) is 5.75 Å². The van der Waals surface area contributed by atoms with E-state index in [0.717, 1.165) is 16.9 Å². The molecule has 0 saturated heterocycles. The fourth-order valence-corrected chi connectivity index (χ4v) is 2.45. The number of aliphatic hydroxyl groups is 1. The molecule has 0 aromatic heterocycles. The van der Waals surface area contributed by atoms with E-state index in [2.05, 4.69) is 0 Å². The number of aliphatic hydroxyl groups excluding tert-OH is 1. The van der Waals surface area contributed by atoms with Crippen LogP contribution in [0.5, 0.6) is 5.75 Å². The number of hydrogen-bond donors (Lipinski definition) is 1. The summed E-state index contributed by atoms with van der Waals surface area (Å²) in [5.41, 5.74) is 1.91. The van der Waals surface area contributed by atoms with Crippen LogP contribution in [0.4, 0.5) is 0 Å². The number of rotatable bonds is 5. The second-order valence-electron chi connectivity index (χ2n) is 4.65. The summed E-state index contributed by atoms with van der Waals surface area (Å²) in [6.45, 7) is 0. The number of ether oxygens (including phenoxy) is 1. The molecule has 0 fully saturated rings. The van der Waals surface area contributed by atoms with Crippen molar-refractivity contribution in [1.82, 2.24) is 0 Å². The zero-order valence-corrected chi connectivity index (χ0v) is 12.7. The van der Waals surface area contributed by atoms with Gasteiger partial charge in [0.15, 0.2) is 0 Å². The first-order valence-electron chi connectivity index (χ1n) is 6.33. The van der Waals surface area contributed by atoms with E-state index in [-0.39, 0.29) is 0 Å². The zero-order chi connectivity index (χ0) is 14.5. The molecule has 1 N–H and O–H groups in total. The minimum atomic E-state index is -0.501. The summed E-state index contributed by atoms with van der Waals surface area (Å²) >= 11 is 12.0. The molecule has 0 aliphatic heterocycles. The van der Waals surface area contributed by atoms with Crippen molar-refractivity contribution < 1.29 is 9.84 Å². The van der Waals surface area contributed by atoms with Crippen LogP contribution in [0.1, 0.15) is 11.1 Å². The molecule has 2 rings (SSSR count). The molecule has 0 aliphatic rings. The van der Waals surface area contributed by atoms with E-state index < -0.39 is 6.10 Å². The van der Waals surface area contributed by atoms with E-state index in [0.29, 0.717) is 22.9 Å². The molecule has 0 bridgehead atoms. The number of hydrogen-bond acceptors (Lipinski definition) is 2. The van der Waals surface area contributed by atoms with Crippen LogP contribution in [0.2, 0.25) is 10.0 Å². The normalized spacial score (nSPS) is 12.2. The van der Waals surface area contributed by atoms with Crippen LogP contribution in [0.25, 0.3) is 0 Å². The van der Waals surface area contributed by atoms with Crippen molar-refractivity contribution in [3.8, 4) is 5.75 Å². The quantitative estimate of drug-likeness (QED) is 0.899. The van der Waals surface area contributed by atoms with Crippen molar-refractivity contribution in [3.05, 3.63) is 63.6 Å². The molecule has 0 saturated carbocycles. The highest BCUT2D eigenvalue weighted by atomic mass is 35.5. The molecule has 0 amide bonds. The molecule has 4 heteroatoms. The second kappa shape index (κ2) is 6.98. The minimum absolute atomic E-state index is 0.478. The lowest BCUT2D eigenvalue weighted by molar-refractivity contribution is 0.175. The third-order valence-corrected chi connectivity index (χ3v) is 3.70. The Kier molecular flexibility index (Phi) is 5.30. The van der Waals surface area contributed by atoms with E-state index in [1.807, 2.05) is 24.3 Å². The molecule has 1 atom stereocenters. The molecule has 2 nitrogen and oxygen atoms in total. The van der Waals surface area contributed by atoms with Gasteiger partial charge in [0, 0.05) is 16.5 Å². The molecule has 0 aliphatic carbocycles. The van der Waals surface area contributed by atoms with Gasteiger partial charge in [0.05, 0.1) is 13.2 Å². The monoisotopic (exact) mass is 310 g/mol. The first-order chi connectivity index (χ1) is 9.58. The molecule has 0 radical (unpaired) electrons. The highest BCUT2D eigenvalue weighted by molar-refractivity contribution is 6.33. The Hall–Kier alpha value is -1.22. The van der Waals surface area contributed by atoms with Crippen LogP contribution >= 0.6 is 23.2 Å². The van der Waals surface area contributed by atoms with E-state index in [9.17, 15) is 5.11 Å². The van der Waals surface area contributed by atoms with Crippen LogP contribution in [0, 0.1) is 0 Å². The highest BCUT2D eigenvalue weighted by Crippen LogP contribution is 2.23. The van der Waals surface area contributed by atoms with Crippen molar-refractivity contribution in [3.63, 3.8) is 0 Å². The second-order valence-corrected chi connectivity index (χ2v) is 5.49. The van der Waals surface area contributed by atoms with Gasteiger partial charge >= 0.3 is 0 Å². The first kappa shape index (κ1) is 15.2. The minimum Gasteiger partial charge on any atom is -0.497 e. The smallest absolute Gasteiger partial charge is 0.118 e. The molecule has 0 spiro atoms. The van der Waals surface area contributed by atoms with Crippen LogP contribution in [-0.2, 0) is 12.8 Å². The summed E-state index contributed by atoms with van der Waals surface area (Å²) in [5.74, 6) is 0.807. The van der Waals surface area contributed by atoms with E-state index >= 15 is 0 Å². The fraction of sp³-hybridized carbons (Fsp3) is 0.250. The van der Waals surface area contributed by atoms with E-state index in [1.54, 1.807) is 25.3 Å². The average Bonchev–Trinajstić information content (AvgIpc) is 2.43. The maximum absolute atomic E-state index is 10.2. The topological polar surface area (TPSA) is 29.5 Å². The maximum Gasteiger partial charge on any atom is 0.118 e. The van der Waals surface area contributed by atoms with Crippen LogP contribution in [0.3, 0.4) is 0 Å². The zero-order valence-electron chi connectivity index (χ0n) is 11.1. The third kappa shape index (κ3) is 4.14. The van der Waals surface area contributed by atoms with Gasteiger partial charge in [-0.2, -0.15) is 0 Å². The fourth-order valence-electron chi connectivity index (χ4n) is 2.06. The van der Waals surface area contributed by atoms with E-state index in [1.165, 1.54) is 0 Å². The summed E-state index contributed by atoms with van der Waals surface area (Å²) in [7, 11) is 1.63. The number of methoxy groups -OCH3 is 1. The highest BCUT2D eigenvalue weighted by Gasteiger charge is 2.10. The number of benzene rings is 2. The largest absolute Gasteiger partial charge is 0.497 e. The molecule has 2 aromatic rings. The summed E-state index contributed by atoms with van der Waals surface area (Å²) in [6, 6.07) is 12.9. The standard InChI is InChI=1S/C16H16Cl2O2/c1-20-15-5-2-11(3-6-15)8-14(19)10-12-9-13(17)4-7-16(12)18/h2-7,9,14,19H,8,10H2,1H3. The van der Waals surface area contributed by atoms with Gasteiger partial charge in [0.25, 0.3) is 0 Å². The van der Waals surface area contributed by atoms with Gasteiger partial charge in [-0.3, -0.25) is 0 Å². The summed E-state index contributed by atoms with van der Waals surface area (Å²) in [6.07, 6.45) is 0.539. The summed E-state index contributed by atoms with van der Waals surface area (Å²) < 4.78 is 5.10. The maximum atomic E-state index is 10.2. The first-order valence-corrected chi connectivity index (χ1v) is 7.09. The Labute approximate surface area is 128 Å². The molecule has 0 heterocycles. The average molecular weight is 311 g/mol. The Morgan fingerprint density at radius 2 is 1.75 bits per heavy atom.